The second-order valence-corrected chi connectivity index (χ2v) is 15.8. The van der Waals surface area contributed by atoms with E-state index >= 15 is 0 Å². The van der Waals surface area contributed by atoms with Gasteiger partial charge in [-0.05, 0) is 90.5 Å². The van der Waals surface area contributed by atoms with E-state index in [1.165, 1.54) is 10.9 Å². The van der Waals surface area contributed by atoms with Crippen molar-refractivity contribution in [3.63, 3.8) is 0 Å². The van der Waals surface area contributed by atoms with Crippen molar-refractivity contribution >= 4 is 45.6 Å². The molecule has 8 atom stereocenters. The Labute approximate surface area is 312 Å². The molecular weight excluding hydrogens is 690 g/mol. The number of para-hydroxylation sites is 1. The summed E-state index contributed by atoms with van der Waals surface area (Å²) in [4.78, 5) is 49.3. The fraction of sp³-hybridized carbons (Fsp3) is 0.395. The molecule has 0 unspecified atom stereocenters. The number of aromatic amines is 1. The van der Waals surface area contributed by atoms with Gasteiger partial charge in [-0.25, -0.2) is 0 Å². The van der Waals surface area contributed by atoms with Gasteiger partial charge in [-0.15, -0.1) is 0 Å². The molecule has 1 spiro atoms. The van der Waals surface area contributed by atoms with Gasteiger partial charge < -0.3 is 35.3 Å². The van der Waals surface area contributed by atoms with Crippen LogP contribution in [0.25, 0.3) is 21.7 Å². The fourth-order valence-electron chi connectivity index (χ4n) is 10.5. The Hall–Kier alpha value is -5.26. The first-order chi connectivity index (χ1) is 25.7. The number of carboxylic acid groups (broad SMARTS) is 3. The van der Waals surface area contributed by atoms with Gasteiger partial charge in [0.2, 0.25) is 0 Å². The zero-order valence-electron chi connectivity index (χ0n) is 30.0. The number of aliphatic hydroxyl groups is 2. The largest absolute Gasteiger partial charge is 0.481 e. The van der Waals surface area contributed by atoms with Crippen LogP contribution in [0.1, 0.15) is 56.6 Å². The molecule has 1 saturated heterocycles. The van der Waals surface area contributed by atoms with Gasteiger partial charge in [0.25, 0.3) is 0 Å². The highest BCUT2D eigenvalue weighted by atomic mass is 16.6. The first-order valence-corrected chi connectivity index (χ1v) is 18.4. The third kappa shape index (κ3) is 5.81. The SMILES string of the molecule is C=C1C[C@]23C[C@@]1(O)CC[C@H]2[C@@]12C=C[C@H](O)[C@@](C)(C(=O)O1)[C@H]2[C@@H]3C(=O)O.O=C(O)CCCc1c[nH]c2ccccc12.O=C(O)Cc1cccc2ccccc12. The van der Waals surface area contributed by atoms with Crippen LogP contribution in [0, 0.1) is 28.6 Å². The number of hydrogen-bond donors (Lipinski definition) is 6. The van der Waals surface area contributed by atoms with E-state index in [1.807, 2.05) is 66.9 Å². The molecule has 0 amide bonds. The molecule has 6 N–H and O–H groups in total. The lowest BCUT2D eigenvalue weighted by Crippen LogP contribution is -2.50. The number of aliphatic hydroxyl groups excluding tert-OH is 1. The van der Waals surface area contributed by atoms with Crippen LogP contribution in [-0.2, 0) is 36.8 Å². The predicted octanol–water partition coefficient (Wildman–Crippen LogP) is 6.07. The summed E-state index contributed by atoms with van der Waals surface area (Å²) in [5.74, 6) is -4.70. The van der Waals surface area contributed by atoms with Crippen molar-refractivity contribution in [2.75, 3.05) is 0 Å². The minimum Gasteiger partial charge on any atom is -0.481 e. The molecule has 1 aliphatic heterocycles. The van der Waals surface area contributed by atoms with Crippen LogP contribution in [0.4, 0.5) is 0 Å². The van der Waals surface area contributed by atoms with Gasteiger partial charge in [0.1, 0.15) is 11.0 Å². The summed E-state index contributed by atoms with van der Waals surface area (Å²) in [5.41, 5.74) is -0.109. The Bertz CT molecular complexity index is 2200. The van der Waals surface area contributed by atoms with Crippen molar-refractivity contribution in [3.8, 4) is 0 Å². The highest BCUT2D eigenvalue weighted by Gasteiger charge is 2.83. The maximum Gasteiger partial charge on any atom is 0.316 e. The third-order valence-corrected chi connectivity index (χ3v) is 12.9. The number of aryl methyl sites for hydroxylation is 1. The molecule has 3 aromatic carbocycles. The number of benzene rings is 3. The second-order valence-electron chi connectivity index (χ2n) is 15.8. The topological polar surface area (TPSA) is 194 Å². The van der Waals surface area contributed by atoms with E-state index in [4.69, 9.17) is 14.9 Å². The number of carboxylic acids is 3. The molecular formula is C43H45NO10. The summed E-state index contributed by atoms with van der Waals surface area (Å²) >= 11 is 0. The normalized spacial score (nSPS) is 32.5. The Morgan fingerprint density at radius 1 is 0.944 bits per heavy atom. The minimum atomic E-state index is -1.27. The quantitative estimate of drug-likeness (QED) is 0.0958. The van der Waals surface area contributed by atoms with E-state index in [-0.39, 0.29) is 18.8 Å². The van der Waals surface area contributed by atoms with E-state index in [0.717, 1.165) is 28.3 Å². The zero-order valence-corrected chi connectivity index (χ0v) is 30.0. The van der Waals surface area contributed by atoms with Crippen LogP contribution in [0.5, 0.6) is 0 Å². The van der Waals surface area contributed by atoms with Crippen LogP contribution in [0.2, 0.25) is 0 Å². The van der Waals surface area contributed by atoms with Crippen LogP contribution in [0.15, 0.2) is 97.2 Å². The van der Waals surface area contributed by atoms with Gasteiger partial charge in [0.05, 0.1) is 24.0 Å². The summed E-state index contributed by atoms with van der Waals surface area (Å²) in [7, 11) is 0. The standard InChI is InChI=1S/C19H22O6.C12H13NO2.C12H10O2/c1-9-7-17-8-18(9,24)5-3-10(17)19-6-4-11(20)16(2,15(23)25-19)13(19)12(17)14(21)22;14-12(15)7-3-4-9-8-13-11-6-2-1-5-10(9)11;13-12(14)8-10-6-3-5-9-4-1-2-7-11(9)10/h4,6,10-13,20,24H,1,3,5,7-8H2,2H3,(H,21,22);1-2,5-6,8,13H,3-4,7H2,(H,14,15);1-7H,8H2,(H,13,14)/t10-,11+,12-,13-,16-,17+,18+,19-;;/m1../s1. The minimum absolute atomic E-state index is 0.0847. The van der Waals surface area contributed by atoms with Crippen molar-refractivity contribution in [2.24, 2.45) is 28.6 Å². The van der Waals surface area contributed by atoms with Crippen molar-refractivity contribution in [1.29, 1.82) is 0 Å². The summed E-state index contributed by atoms with van der Waals surface area (Å²) in [6, 6.07) is 21.6. The number of H-pyrrole nitrogens is 1. The summed E-state index contributed by atoms with van der Waals surface area (Å²) in [6.45, 7) is 5.64. The van der Waals surface area contributed by atoms with Crippen molar-refractivity contribution in [2.45, 2.75) is 75.6 Å². The Balaban J connectivity index is 0.000000134. The molecule has 0 radical (unpaired) electrons. The van der Waals surface area contributed by atoms with Crippen molar-refractivity contribution in [1.82, 2.24) is 4.98 Å². The molecule has 54 heavy (non-hydrogen) atoms. The van der Waals surface area contributed by atoms with Crippen LogP contribution >= 0.6 is 0 Å². The number of ether oxygens (including phenoxy) is 1. The molecule has 4 aliphatic carbocycles. The van der Waals surface area contributed by atoms with Crippen LogP contribution in [0.3, 0.4) is 0 Å². The number of fused-ring (bicyclic) bond motifs is 3. The van der Waals surface area contributed by atoms with E-state index in [9.17, 15) is 34.5 Å². The monoisotopic (exact) mass is 735 g/mol. The fourth-order valence-corrected chi connectivity index (χ4v) is 10.5. The summed E-state index contributed by atoms with van der Waals surface area (Å²) in [6.07, 6.45) is 7.91. The van der Waals surface area contributed by atoms with E-state index < -0.39 is 63.8 Å². The second kappa shape index (κ2) is 13.5. The average molecular weight is 736 g/mol. The van der Waals surface area contributed by atoms with Gasteiger partial charge in [0.15, 0.2) is 0 Å². The molecule has 3 saturated carbocycles. The molecule has 282 valence electrons. The highest BCUT2D eigenvalue weighted by Crippen LogP contribution is 2.77. The molecule has 1 aromatic heterocycles. The van der Waals surface area contributed by atoms with Gasteiger partial charge >= 0.3 is 23.9 Å². The summed E-state index contributed by atoms with van der Waals surface area (Å²) in [5, 5.41) is 52.2. The number of esters is 1. The van der Waals surface area contributed by atoms with E-state index in [0.29, 0.717) is 37.7 Å². The first kappa shape index (κ1) is 37.1. The van der Waals surface area contributed by atoms with Gasteiger partial charge in [0, 0.05) is 35.4 Å². The van der Waals surface area contributed by atoms with Crippen molar-refractivity contribution in [3.05, 3.63) is 108 Å². The Morgan fingerprint density at radius 2 is 1.65 bits per heavy atom. The molecule has 9 rings (SSSR count). The lowest BCUT2D eigenvalue weighted by Gasteiger charge is -2.44. The molecule has 11 heteroatoms. The maximum atomic E-state index is 12.7. The van der Waals surface area contributed by atoms with Crippen molar-refractivity contribution < 1.29 is 49.4 Å². The number of rotatable bonds is 7. The first-order valence-electron chi connectivity index (χ1n) is 18.4. The molecule has 4 bridgehead atoms. The number of hydrogen-bond acceptors (Lipinski definition) is 7. The molecule has 2 heterocycles. The molecule has 4 fully saturated rings. The van der Waals surface area contributed by atoms with Gasteiger partial charge in [-0.1, -0.05) is 73.3 Å². The van der Waals surface area contributed by atoms with E-state index in [2.05, 4.69) is 17.6 Å². The lowest BCUT2D eigenvalue weighted by molar-refractivity contribution is -0.163. The van der Waals surface area contributed by atoms with Crippen LogP contribution < -0.4 is 0 Å². The average Bonchev–Trinajstić information content (AvgIpc) is 3.75. The number of nitrogens with one attached hydrogen (secondary N) is 1. The molecule has 4 aromatic rings. The lowest BCUT2D eigenvalue weighted by atomic mass is 9.61. The van der Waals surface area contributed by atoms with E-state index in [1.54, 1.807) is 19.1 Å². The molecule has 5 aliphatic rings. The van der Waals surface area contributed by atoms with Gasteiger partial charge in [-0.3, -0.25) is 19.2 Å². The Morgan fingerprint density at radius 3 is 2.37 bits per heavy atom. The smallest absolute Gasteiger partial charge is 0.316 e. The van der Waals surface area contributed by atoms with Gasteiger partial charge in [-0.2, -0.15) is 0 Å². The molecule has 11 nitrogen and oxygen atoms in total. The number of aromatic nitrogens is 1. The Kier molecular flexibility index (Phi) is 9.30. The number of carbonyl (C=O) groups excluding carboxylic acids is 1. The third-order valence-electron chi connectivity index (χ3n) is 12.9. The highest BCUT2D eigenvalue weighted by molar-refractivity contribution is 5.89. The maximum absolute atomic E-state index is 12.7. The van der Waals surface area contributed by atoms with Crippen LogP contribution in [-0.4, -0.2) is 71.7 Å². The predicted molar refractivity (Wildman–Crippen MR) is 199 cm³/mol. The number of carbonyl (C=O) groups is 4. The number of aliphatic carboxylic acids is 3. The zero-order chi connectivity index (χ0) is 38.6. The summed E-state index contributed by atoms with van der Waals surface area (Å²) < 4.78 is 5.87.